The molecule has 0 atom stereocenters. The van der Waals surface area contributed by atoms with Crippen molar-refractivity contribution < 1.29 is 19.4 Å². The molecule has 0 spiro atoms. The Kier molecular flexibility index (Phi) is 7.76. The third kappa shape index (κ3) is 6.25. The molecule has 180 valence electrons. The van der Waals surface area contributed by atoms with Gasteiger partial charge >= 0.3 is 5.97 Å². The molecule has 0 saturated carbocycles. The highest BCUT2D eigenvalue weighted by molar-refractivity contribution is 6.09. The number of nitrogens with one attached hydrogen (secondary N) is 2. The summed E-state index contributed by atoms with van der Waals surface area (Å²) in [6, 6.07) is 11.6. The second kappa shape index (κ2) is 10.5. The summed E-state index contributed by atoms with van der Waals surface area (Å²) >= 11 is 0. The van der Waals surface area contributed by atoms with E-state index < -0.39 is 23.0 Å². The van der Waals surface area contributed by atoms with Crippen molar-refractivity contribution in [3.63, 3.8) is 0 Å². The van der Waals surface area contributed by atoms with Gasteiger partial charge in [0.2, 0.25) is 0 Å². The lowest BCUT2D eigenvalue weighted by Gasteiger charge is -2.19. The molecule has 1 heterocycles. The fraction of sp³-hybridized carbons (Fsp3) is 0.370. The van der Waals surface area contributed by atoms with Crippen molar-refractivity contribution in [3.05, 3.63) is 69.5 Å². The number of rotatable bonds is 8. The summed E-state index contributed by atoms with van der Waals surface area (Å²) in [5.41, 5.74) is 0.627. The molecule has 0 unspecified atom stereocenters. The Hall–Kier alpha value is -3.61. The highest BCUT2D eigenvalue weighted by Crippen LogP contribution is 2.27. The number of aryl methyl sites for hydroxylation is 1. The van der Waals surface area contributed by atoms with Crippen molar-refractivity contribution in [2.45, 2.75) is 65.4 Å². The van der Waals surface area contributed by atoms with E-state index >= 15 is 0 Å². The number of amides is 1. The number of esters is 1. The zero-order valence-electron chi connectivity index (χ0n) is 20.2. The van der Waals surface area contributed by atoms with Gasteiger partial charge in [0.05, 0.1) is 11.1 Å². The molecule has 34 heavy (non-hydrogen) atoms. The maximum absolute atomic E-state index is 12.8. The number of fused-ring (bicyclic) bond motifs is 1. The van der Waals surface area contributed by atoms with Crippen molar-refractivity contribution in [2.75, 3.05) is 5.32 Å². The molecule has 1 amide bonds. The molecule has 3 rings (SSSR count). The highest BCUT2D eigenvalue weighted by Gasteiger charge is 2.21. The Morgan fingerprint density at radius 1 is 1.03 bits per heavy atom. The van der Waals surface area contributed by atoms with Crippen LogP contribution in [0, 0.1) is 0 Å². The second-order valence-corrected chi connectivity index (χ2v) is 9.40. The van der Waals surface area contributed by atoms with E-state index in [0.717, 1.165) is 31.2 Å². The van der Waals surface area contributed by atoms with Gasteiger partial charge in [0.25, 0.3) is 11.5 Å². The number of hydrogen-bond donors (Lipinski definition) is 3. The minimum Gasteiger partial charge on any atom is -0.506 e. The van der Waals surface area contributed by atoms with Crippen molar-refractivity contribution >= 4 is 28.5 Å². The summed E-state index contributed by atoms with van der Waals surface area (Å²) in [5.74, 6) is -1.58. The number of carbonyl (C=O) groups is 2. The molecule has 0 fully saturated rings. The SMILES string of the molecule is CCCCCCc1ccc2c(O)c(C(=O)Nc3ccc(C(=O)OC(C)(C)C)cc3)c(=O)[nH]c2c1. The van der Waals surface area contributed by atoms with Crippen LogP contribution in [0.5, 0.6) is 5.75 Å². The average Bonchev–Trinajstić information content (AvgIpc) is 2.76. The fourth-order valence-corrected chi connectivity index (χ4v) is 3.67. The number of H-pyrrole nitrogens is 1. The number of pyridine rings is 1. The minimum absolute atomic E-state index is 0.338. The van der Waals surface area contributed by atoms with Gasteiger partial charge in [0.1, 0.15) is 16.9 Å². The molecule has 7 nitrogen and oxygen atoms in total. The molecule has 2 aromatic carbocycles. The Morgan fingerprint density at radius 3 is 2.38 bits per heavy atom. The van der Waals surface area contributed by atoms with E-state index in [2.05, 4.69) is 17.2 Å². The van der Waals surface area contributed by atoms with E-state index in [1.807, 2.05) is 12.1 Å². The normalized spacial score (nSPS) is 11.4. The number of aromatic hydroxyl groups is 1. The van der Waals surface area contributed by atoms with Crippen LogP contribution in [-0.2, 0) is 11.2 Å². The van der Waals surface area contributed by atoms with Crippen LogP contribution in [0.2, 0.25) is 0 Å². The molecule has 3 N–H and O–H groups in total. The first-order valence-electron chi connectivity index (χ1n) is 11.6. The topological polar surface area (TPSA) is 108 Å². The standard InChI is InChI=1S/C27H32N2O5/c1-5-6-7-8-9-17-10-15-20-21(16-17)29-25(32)22(23(20)30)24(31)28-19-13-11-18(12-14-19)26(33)34-27(2,3)4/h10-16H,5-9H2,1-4H3,(H,28,31)(H2,29,30,32). The summed E-state index contributed by atoms with van der Waals surface area (Å²) < 4.78 is 5.32. The first-order chi connectivity index (χ1) is 16.1. The van der Waals surface area contributed by atoms with Crippen LogP contribution in [-0.4, -0.2) is 27.6 Å². The molecule has 0 bridgehead atoms. The number of ether oxygens (including phenoxy) is 1. The zero-order valence-corrected chi connectivity index (χ0v) is 20.2. The third-order valence-corrected chi connectivity index (χ3v) is 5.37. The van der Waals surface area contributed by atoms with E-state index in [9.17, 15) is 19.5 Å². The van der Waals surface area contributed by atoms with E-state index in [-0.39, 0.29) is 11.3 Å². The van der Waals surface area contributed by atoms with Crippen LogP contribution in [0.3, 0.4) is 0 Å². The van der Waals surface area contributed by atoms with Crippen LogP contribution >= 0.6 is 0 Å². The van der Waals surface area contributed by atoms with Gasteiger partial charge in [-0.3, -0.25) is 9.59 Å². The van der Waals surface area contributed by atoms with Gasteiger partial charge in [0, 0.05) is 11.1 Å². The van der Waals surface area contributed by atoms with Gasteiger partial charge in [-0.25, -0.2) is 4.79 Å². The fourth-order valence-electron chi connectivity index (χ4n) is 3.67. The molecule has 3 aromatic rings. The predicted octanol–water partition coefficient (Wildman–Crippen LogP) is 5.56. The first kappa shape index (κ1) is 25.0. The van der Waals surface area contributed by atoms with Gasteiger partial charge in [-0.1, -0.05) is 32.3 Å². The van der Waals surface area contributed by atoms with Gasteiger partial charge in [-0.15, -0.1) is 0 Å². The summed E-state index contributed by atoms with van der Waals surface area (Å²) in [5, 5.41) is 13.7. The monoisotopic (exact) mass is 464 g/mol. The largest absolute Gasteiger partial charge is 0.506 e. The number of benzene rings is 2. The number of hydrogen-bond acceptors (Lipinski definition) is 5. The minimum atomic E-state index is -0.741. The lowest BCUT2D eigenvalue weighted by Crippen LogP contribution is -2.24. The number of aromatic nitrogens is 1. The number of anilines is 1. The Labute approximate surface area is 199 Å². The molecular formula is C27H32N2O5. The van der Waals surface area contributed by atoms with Crippen molar-refractivity contribution in [3.8, 4) is 5.75 Å². The Bertz CT molecular complexity index is 1240. The first-order valence-corrected chi connectivity index (χ1v) is 11.6. The smallest absolute Gasteiger partial charge is 0.338 e. The van der Waals surface area contributed by atoms with E-state index in [1.54, 1.807) is 26.8 Å². The highest BCUT2D eigenvalue weighted by atomic mass is 16.6. The van der Waals surface area contributed by atoms with Gasteiger partial charge in [0.15, 0.2) is 0 Å². The van der Waals surface area contributed by atoms with E-state index in [1.165, 1.54) is 30.7 Å². The Morgan fingerprint density at radius 2 is 1.74 bits per heavy atom. The van der Waals surface area contributed by atoms with Crippen LogP contribution in [0.4, 0.5) is 5.69 Å². The van der Waals surface area contributed by atoms with Gasteiger partial charge in [-0.2, -0.15) is 0 Å². The lowest BCUT2D eigenvalue weighted by atomic mass is 10.0. The van der Waals surface area contributed by atoms with Crippen LogP contribution in [0.25, 0.3) is 10.9 Å². The number of carbonyl (C=O) groups excluding carboxylic acids is 2. The molecule has 7 heteroatoms. The molecule has 0 aliphatic carbocycles. The van der Waals surface area contributed by atoms with Crippen molar-refractivity contribution in [1.82, 2.24) is 4.98 Å². The number of unbranched alkanes of at least 4 members (excludes halogenated alkanes) is 3. The van der Waals surface area contributed by atoms with Gasteiger partial charge < -0.3 is 20.1 Å². The quantitative estimate of drug-likeness (QED) is 0.299. The van der Waals surface area contributed by atoms with Crippen molar-refractivity contribution in [1.29, 1.82) is 0 Å². The summed E-state index contributed by atoms with van der Waals surface area (Å²) in [6.07, 6.45) is 5.45. The molecule has 0 radical (unpaired) electrons. The maximum atomic E-state index is 12.8. The van der Waals surface area contributed by atoms with Gasteiger partial charge in [-0.05, 0) is 75.6 Å². The average molecular weight is 465 g/mol. The lowest BCUT2D eigenvalue weighted by molar-refractivity contribution is 0.00694. The maximum Gasteiger partial charge on any atom is 0.338 e. The van der Waals surface area contributed by atoms with E-state index in [4.69, 9.17) is 4.74 Å². The summed E-state index contributed by atoms with van der Waals surface area (Å²) in [6.45, 7) is 7.50. The van der Waals surface area contributed by atoms with Crippen molar-refractivity contribution in [2.24, 2.45) is 0 Å². The zero-order chi connectivity index (χ0) is 24.9. The van der Waals surface area contributed by atoms with E-state index in [0.29, 0.717) is 22.2 Å². The third-order valence-electron chi connectivity index (χ3n) is 5.37. The molecule has 1 aromatic heterocycles. The van der Waals surface area contributed by atoms with Crippen LogP contribution in [0.1, 0.15) is 79.7 Å². The summed E-state index contributed by atoms with van der Waals surface area (Å²) in [4.78, 5) is 40.3. The second-order valence-electron chi connectivity index (χ2n) is 9.40. The van der Waals surface area contributed by atoms with Crippen LogP contribution in [0.15, 0.2) is 47.3 Å². The molecular weight excluding hydrogens is 432 g/mol. The Balaban J connectivity index is 1.77. The van der Waals surface area contributed by atoms with Crippen LogP contribution < -0.4 is 10.9 Å². The molecule has 0 aliphatic rings. The predicted molar refractivity (Wildman–Crippen MR) is 134 cm³/mol. The molecule has 0 aliphatic heterocycles. The molecule has 0 saturated heterocycles. The number of aromatic amines is 1. The summed E-state index contributed by atoms with van der Waals surface area (Å²) in [7, 11) is 0.